The standard InChI is InChI=1S/C17H23N3O/c1-13-7-8-17(16(18)11-13)21-12-14-9-10-20(19-14)15-5-3-2-4-6-15/h7-11,15H,2-6,12,18H2,1H3. The molecule has 0 saturated heterocycles. The summed E-state index contributed by atoms with van der Waals surface area (Å²) < 4.78 is 7.89. The van der Waals surface area contributed by atoms with Crippen LogP contribution in [0.1, 0.15) is 49.4 Å². The van der Waals surface area contributed by atoms with Gasteiger partial charge in [-0.3, -0.25) is 4.68 Å². The van der Waals surface area contributed by atoms with Gasteiger partial charge in [-0.15, -0.1) is 0 Å². The minimum atomic E-state index is 0.465. The fourth-order valence-electron chi connectivity index (χ4n) is 2.95. The summed E-state index contributed by atoms with van der Waals surface area (Å²) in [6, 6.07) is 8.46. The van der Waals surface area contributed by atoms with Gasteiger partial charge in [-0.2, -0.15) is 5.10 Å². The molecule has 0 unspecified atom stereocenters. The molecule has 21 heavy (non-hydrogen) atoms. The maximum absolute atomic E-state index is 5.96. The molecule has 2 aromatic rings. The zero-order valence-electron chi connectivity index (χ0n) is 12.6. The third kappa shape index (κ3) is 3.38. The molecule has 1 aromatic heterocycles. The topological polar surface area (TPSA) is 53.1 Å². The van der Waals surface area contributed by atoms with Gasteiger partial charge in [0.05, 0.1) is 17.4 Å². The van der Waals surface area contributed by atoms with Crippen LogP contribution >= 0.6 is 0 Å². The number of nitrogen functional groups attached to an aromatic ring is 1. The molecule has 4 nitrogen and oxygen atoms in total. The second kappa shape index (κ2) is 6.20. The number of rotatable bonds is 4. The molecule has 0 aliphatic heterocycles. The Balaban J connectivity index is 1.61. The molecule has 1 aliphatic rings. The smallest absolute Gasteiger partial charge is 0.142 e. The second-order valence-electron chi connectivity index (χ2n) is 5.91. The lowest BCUT2D eigenvalue weighted by Gasteiger charge is -2.21. The highest BCUT2D eigenvalue weighted by Crippen LogP contribution is 2.28. The highest BCUT2D eigenvalue weighted by Gasteiger charge is 2.16. The molecule has 0 radical (unpaired) electrons. The van der Waals surface area contributed by atoms with Crippen molar-refractivity contribution >= 4 is 5.69 Å². The molecule has 0 atom stereocenters. The number of nitrogens with zero attached hydrogens (tertiary/aromatic N) is 2. The minimum absolute atomic E-state index is 0.465. The number of aromatic nitrogens is 2. The molecule has 2 N–H and O–H groups in total. The molecule has 1 saturated carbocycles. The van der Waals surface area contributed by atoms with Crippen molar-refractivity contribution in [1.82, 2.24) is 9.78 Å². The average molecular weight is 285 g/mol. The van der Waals surface area contributed by atoms with Crippen molar-refractivity contribution in [2.24, 2.45) is 0 Å². The van der Waals surface area contributed by atoms with Crippen LogP contribution in [0, 0.1) is 6.92 Å². The van der Waals surface area contributed by atoms with Gasteiger partial charge in [0, 0.05) is 6.20 Å². The predicted octanol–water partition coefficient (Wildman–Crippen LogP) is 3.86. The summed E-state index contributed by atoms with van der Waals surface area (Å²) in [6.45, 7) is 2.49. The summed E-state index contributed by atoms with van der Waals surface area (Å²) in [6.07, 6.45) is 8.56. The minimum Gasteiger partial charge on any atom is -0.485 e. The van der Waals surface area contributed by atoms with Crippen molar-refractivity contribution in [2.45, 2.75) is 51.7 Å². The van der Waals surface area contributed by atoms with E-state index in [0.717, 1.165) is 17.0 Å². The van der Waals surface area contributed by atoms with Crippen molar-refractivity contribution in [3.05, 3.63) is 41.7 Å². The highest BCUT2D eigenvalue weighted by molar-refractivity contribution is 5.54. The Morgan fingerprint density at radius 3 is 2.81 bits per heavy atom. The van der Waals surface area contributed by atoms with E-state index in [9.17, 15) is 0 Å². The monoisotopic (exact) mass is 285 g/mol. The molecule has 4 heteroatoms. The Bertz CT molecular complexity index is 600. The van der Waals surface area contributed by atoms with Crippen molar-refractivity contribution in [1.29, 1.82) is 0 Å². The first kappa shape index (κ1) is 14.0. The van der Waals surface area contributed by atoms with Crippen molar-refractivity contribution < 1.29 is 4.74 Å². The van der Waals surface area contributed by atoms with E-state index in [0.29, 0.717) is 18.3 Å². The van der Waals surface area contributed by atoms with Crippen LogP contribution in [-0.4, -0.2) is 9.78 Å². The number of anilines is 1. The Morgan fingerprint density at radius 2 is 2.05 bits per heavy atom. The van der Waals surface area contributed by atoms with Gasteiger partial charge in [0.25, 0.3) is 0 Å². The van der Waals surface area contributed by atoms with Crippen LogP contribution in [0.2, 0.25) is 0 Å². The Labute approximate surface area is 125 Å². The van der Waals surface area contributed by atoms with E-state index in [1.54, 1.807) is 0 Å². The fourth-order valence-corrected chi connectivity index (χ4v) is 2.95. The molecular weight excluding hydrogens is 262 g/mol. The van der Waals surface area contributed by atoms with E-state index in [1.165, 1.54) is 32.1 Å². The SMILES string of the molecule is Cc1ccc(OCc2ccn(C3CCCCC3)n2)c(N)c1. The molecule has 1 fully saturated rings. The van der Waals surface area contributed by atoms with E-state index >= 15 is 0 Å². The van der Waals surface area contributed by atoms with Crippen LogP contribution in [0.5, 0.6) is 5.75 Å². The number of benzene rings is 1. The summed E-state index contributed by atoms with van der Waals surface area (Å²) >= 11 is 0. The van der Waals surface area contributed by atoms with Crippen LogP contribution < -0.4 is 10.5 Å². The van der Waals surface area contributed by atoms with Gasteiger partial charge >= 0.3 is 0 Å². The Kier molecular flexibility index (Phi) is 4.13. The van der Waals surface area contributed by atoms with Gasteiger partial charge in [-0.05, 0) is 43.5 Å². The molecule has 0 amide bonds. The number of hydrogen-bond donors (Lipinski definition) is 1. The summed E-state index contributed by atoms with van der Waals surface area (Å²) in [5.41, 5.74) is 8.74. The fraction of sp³-hybridized carbons (Fsp3) is 0.471. The van der Waals surface area contributed by atoms with E-state index < -0.39 is 0 Å². The first-order chi connectivity index (χ1) is 10.2. The Morgan fingerprint density at radius 1 is 1.24 bits per heavy atom. The number of aryl methyl sites for hydroxylation is 1. The quantitative estimate of drug-likeness (QED) is 0.868. The Hall–Kier alpha value is -1.97. The molecule has 1 aliphatic carbocycles. The van der Waals surface area contributed by atoms with Crippen molar-refractivity contribution in [3.8, 4) is 5.75 Å². The lowest BCUT2D eigenvalue weighted by Crippen LogP contribution is -2.13. The molecule has 112 valence electrons. The normalized spacial score (nSPS) is 16.0. The van der Waals surface area contributed by atoms with Gasteiger partial charge in [0.15, 0.2) is 0 Å². The van der Waals surface area contributed by atoms with Crippen LogP contribution in [-0.2, 0) is 6.61 Å². The largest absolute Gasteiger partial charge is 0.485 e. The van der Waals surface area contributed by atoms with Gasteiger partial charge in [0.1, 0.15) is 12.4 Å². The molecule has 1 heterocycles. The summed E-state index contributed by atoms with van der Waals surface area (Å²) in [7, 11) is 0. The molecular formula is C17H23N3O. The number of ether oxygens (including phenoxy) is 1. The van der Waals surface area contributed by atoms with E-state index in [-0.39, 0.29) is 0 Å². The molecule has 3 rings (SSSR count). The van der Waals surface area contributed by atoms with Gasteiger partial charge < -0.3 is 10.5 Å². The van der Waals surface area contributed by atoms with Crippen molar-refractivity contribution in [3.63, 3.8) is 0 Å². The zero-order valence-corrected chi connectivity index (χ0v) is 12.6. The predicted molar refractivity (Wildman–Crippen MR) is 84.3 cm³/mol. The third-order valence-electron chi connectivity index (χ3n) is 4.15. The zero-order chi connectivity index (χ0) is 14.7. The maximum atomic E-state index is 5.96. The highest BCUT2D eigenvalue weighted by atomic mass is 16.5. The molecule has 0 bridgehead atoms. The number of hydrogen-bond acceptors (Lipinski definition) is 3. The molecule has 0 spiro atoms. The lowest BCUT2D eigenvalue weighted by molar-refractivity contribution is 0.292. The van der Waals surface area contributed by atoms with E-state index in [2.05, 4.69) is 16.0 Å². The lowest BCUT2D eigenvalue weighted by atomic mass is 9.96. The van der Waals surface area contributed by atoms with Gasteiger partial charge in [0.2, 0.25) is 0 Å². The number of nitrogens with two attached hydrogens (primary N) is 1. The van der Waals surface area contributed by atoms with Crippen LogP contribution in [0.25, 0.3) is 0 Å². The van der Waals surface area contributed by atoms with Crippen LogP contribution in [0.3, 0.4) is 0 Å². The third-order valence-corrected chi connectivity index (χ3v) is 4.15. The van der Waals surface area contributed by atoms with Crippen LogP contribution in [0.15, 0.2) is 30.5 Å². The first-order valence-electron chi connectivity index (χ1n) is 7.75. The summed E-state index contributed by atoms with van der Waals surface area (Å²) in [4.78, 5) is 0. The summed E-state index contributed by atoms with van der Waals surface area (Å²) in [5, 5.41) is 4.65. The van der Waals surface area contributed by atoms with E-state index in [1.807, 2.05) is 31.2 Å². The van der Waals surface area contributed by atoms with Crippen LogP contribution in [0.4, 0.5) is 5.69 Å². The maximum Gasteiger partial charge on any atom is 0.142 e. The second-order valence-corrected chi connectivity index (χ2v) is 5.91. The van der Waals surface area contributed by atoms with Gasteiger partial charge in [-0.25, -0.2) is 0 Å². The summed E-state index contributed by atoms with van der Waals surface area (Å²) in [5.74, 6) is 0.729. The average Bonchev–Trinajstić information content (AvgIpc) is 2.96. The molecule has 1 aromatic carbocycles. The first-order valence-corrected chi connectivity index (χ1v) is 7.75. The van der Waals surface area contributed by atoms with E-state index in [4.69, 9.17) is 10.5 Å². The van der Waals surface area contributed by atoms with Crippen molar-refractivity contribution in [2.75, 3.05) is 5.73 Å². The van der Waals surface area contributed by atoms with Gasteiger partial charge in [-0.1, -0.05) is 25.3 Å².